The molecule has 1 N–H and O–H groups in total. The fourth-order valence-corrected chi connectivity index (χ4v) is 2.38. The average Bonchev–Trinajstić information content (AvgIpc) is 2.62. The van der Waals surface area contributed by atoms with Crippen LogP contribution in [0.3, 0.4) is 0 Å². The van der Waals surface area contributed by atoms with Crippen molar-refractivity contribution < 1.29 is 14.5 Å². The van der Waals surface area contributed by atoms with Gasteiger partial charge < -0.3 is 10.1 Å². The van der Waals surface area contributed by atoms with E-state index in [1.165, 1.54) is 13.2 Å². The van der Waals surface area contributed by atoms with Crippen molar-refractivity contribution in [2.24, 2.45) is 0 Å². The van der Waals surface area contributed by atoms with E-state index in [-0.39, 0.29) is 11.3 Å². The van der Waals surface area contributed by atoms with Crippen LogP contribution in [0.25, 0.3) is 0 Å². The molecule has 0 spiro atoms. The first-order valence-electron chi connectivity index (χ1n) is 7.32. The molecule has 0 bridgehead atoms. The zero-order valence-corrected chi connectivity index (χ0v) is 13.3. The van der Waals surface area contributed by atoms with Crippen LogP contribution in [0.4, 0.5) is 5.69 Å². The Morgan fingerprint density at radius 3 is 2.46 bits per heavy atom. The Morgan fingerprint density at radius 1 is 1.21 bits per heavy atom. The van der Waals surface area contributed by atoms with Crippen molar-refractivity contribution in [2.75, 3.05) is 7.11 Å². The molecule has 0 aromatic heterocycles. The lowest BCUT2D eigenvalue weighted by Crippen LogP contribution is -2.27. The largest absolute Gasteiger partial charge is 0.466 e. The highest BCUT2D eigenvalue weighted by Crippen LogP contribution is 2.30. The lowest BCUT2D eigenvalue weighted by atomic mass is 9.97. The van der Waals surface area contributed by atoms with Crippen LogP contribution in [0.15, 0.2) is 66.7 Å². The first kappa shape index (κ1) is 17.4. The number of rotatable bonds is 7. The minimum atomic E-state index is -0.723. The van der Waals surface area contributed by atoms with Gasteiger partial charge in [-0.15, -0.1) is 0 Å². The third kappa shape index (κ3) is 4.05. The second-order valence-corrected chi connectivity index (χ2v) is 5.13. The summed E-state index contributed by atoms with van der Waals surface area (Å²) in [7, 11) is 1.25. The van der Waals surface area contributed by atoms with Gasteiger partial charge in [-0.1, -0.05) is 55.1 Å². The maximum absolute atomic E-state index is 11.9. The zero-order valence-electron chi connectivity index (χ0n) is 13.3. The number of carbonyl (C=O) groups excluding carboxylic acids is 1. The molecule has 0 fully saturated rings. The molecule has 0 aliphatic heterocycles. The predicted octanol–water partition coefficient (Wildman–Crippen LogP) is 3.15. The minimum Gasteiger partial charge on any atom is -0.466 e. The van der Waals surface area contributed by atoms with E-state index in [1.807, 2.05) is 30.3 Å². The standard InChI is InChI=1S/C18H18N2O4/c1-13(18(21)24-2)17(19-12-14-8-4-3-5-9-14)15-10-6-7-11-16(15)20(22)23/h3-11,17,19H,1,12H2,2H3. The van der Waals surface area contributed by atoms with Gasteiger partial charge in [-0.2, -0.15) is 0 Å². The Hall–Kier alpha value is -2.99. The van der Waals surface area contributed by atoms with E-state index in [0.717, 1.165) is 5.56 Å². The number of esters is 1. The fourth-order valence-electron chi connectivity index (χ4n) is 2.38. The topological polar surface area (TPSA) is 81.5 Å². The molecule has 0 radical (unpaired) electrons. The third-order valence-corrected chi connectivity index (χ3v) is 3.59. The summed E-state index contributed by atoms with van der Waals surface area (Å²) in [5.74, 6) is -0.612. The van der Waals surface area contributed by atoms with E-state index in [9.17, 15) is 14.9 Å². The molecule has 124 valence electrons. The molecule has 0 saturated carbocycles. The number of nitro benzene ring substituents is 1. The molecule has 6 heteroatoms. The SMILES string of the molecule is C=C(C(=O)OC)C(NCc1ccccc1)c1ccccc1[N+](=O)[O-]. The summed E-state index contributed by atoms with van der Waals surface area (Å²) in [5, 5.41) is 14.5. The van der Waals surface area contributed by atoms with Gasteiger partial charge in [0.1, 0.15) is 0 Å². The average molecular weight is 326 g/mol. The van der Waals surface area contributed by atoms with Gasteiger partial charge in [0.15, 0.2) is 0 Å². The lowest BCUT2D eigenvalue weighted by Gasteiger charge is -2.20. The summed E-state index contributed by atoms with van der Waals surface area (Å²) in [6.45, 7) is 4.18. The molecule has 2 aromatic rings. The van der Waals surface area contributed by atoms with Gasteiger partial charge in [-0.25, -0.2) is 4.79 Å². The molecule has 0 amide bonds. The van der Waals surface area contributed by atoms with Crippen molar-refractivity contribution >= 4 is 11.7 Å². The Bertz CT molecular complexity index is 744. The Labute approximate surface area is 139 Å². The number of ether oxygens (including phenoxy) is 1. The van der Waals surface area contributed by atoms with Crippen LogP contribution >= 0.6 is 0 Å². The van der Waals surface area contributed by atoms with Crippen LogP contribution in [0.5, 0.6) is 0 Å². The number of methoxy groups -OCH3 is 1. The predicted molar refractivity (Wildman–Crippen MR) is 90.3 cm³/mol. The van der Waals surface area contributed by atoms with E-state index < -0.39 is 16.9 Å². The van der Waals surface area contributed by atoms with E-state index in [4.69, 9.17) is 4.74 Å². The van der Waals surface area contributed by atoms with Gasteiger partial charge in [0.25, 0.3) is 5.69 Å². The molecule has 0 heterocycles. The van der Waals surface area contributed by atoms with Crippen LogP contribution in [-0.2, 0) is 16.1 Å². The molecule has 0 saturated heterocycles. The maximum Gasteiger partial charge on any atom is 0.335 e. The third-order valence-electron chi connectivity index (χ3n) is 3.59. The number of nitro groups is 1. The highest BCUT2D eigenvalue weighted by atomic mass is 16.6. The van der Waals surface area contributed by atoms with Gasteiger partial charge in [0.05, 0.1) is 29.2 Å². The fraction of sp³-hybridized carbons (Fsp3) is 0.167. The summed E-state index contributed by atoms with van der Waals surface area (Å²) in [5.41, 5.74) is 1.39. The van der Waals surface area contributed by atoms with Crippen LogP contribution in [0.2, 0.25) is 0 Å². The highest BCUT2D eigenvalue weighted by molar-refractivity contribution is 5.89. The van der Waals surface area contributed by atoms with Crippen molar-refractivity contribution in [1.82, 2.24) is 5.32 Å². The molecule has 0 aliphatic rings. The number of hydrogen-bond acceptors (Lipinski definition) is 5. The van der Waals surface area contributed by atoms with Crippen LogP contribution in [0.1, 0.15) is 17.2 Å². The van der Waals surface area contributed by atoms with Crippen LogP contribution in [0, 0.1) is 10.1 Å². The van der Waals surface area contributed by atoms with Gasteiger partial charge >= 0.3 is 5.97 Å². The van der Waals surface area contributed by atoms with Gasteiger partial charge in [0.2, 0.25) is 0 Å². The number of nitrogens with zero attached hydrogens (tertiary/aromatic N) is 1. The number of carbonyl (C=O) groups is 1. The number of benzene rings is 2. The molecule has 0 aliphatic carbocycles. The van der Waals surface area contributed by atoms with Crippen molar-refractivity contribution in [2.45, 2.75) is 12.6 Å². The molecule has 2 rings (SSSR count). The van der Waals surface area contributed by atoms with Crippen LogP contribution < -0.4 is 5.32 Å². The number of para-hydroxylation sites is 1. The van der Waals surface area contributed by atoms with Crippen molar-refractivity contribution in [3.63, 3.8) is 0 Å². The summed E-state index contributed by atoms with van der Waals surface area (Å²) < 4.78 is 4.72. The first-order chi connectivity index (χ1) is 11.5. The van der Waals surface area contributed by atoms with E-state index >= 15 is 0 Å². The lowest BCUT2D eigenvalue weighted by molar-refractivity contribution is -0.385. The molecule has 6 nitrogen and oxygen atoms in total. The Balaban J connectivity index is 2.34. The summed E-state index contributed by atoms with van der Waals surface area (Å²) >= 11 is 0. The molecule has 2 aromatic carbocycles. The van der Waals surface area contributed by atoms with Crippen molar-refractivity contribution in [3.05, 3.63) is 88.0 Å². The molecule has 1 atom stereocenters. The van der Waals surface area contributed by atoms with Gasteiger partial charge in [0, 0.05) is 12.6 Å². The van der Waals surface area contributed by atoms with E-state index in [0.29, 0.717) is 12.1 Å². The second kappa shape index (κ2) is 8.03. The van der Waals surface area contributed by atoms with Crippen molar-refractivity contribution in [3.8, 4) is 0 Å². The Kier molecular flexibility index (Phi) is 5.81. The normalized spacial score (nSPS) is 11.5. The van der Waals surface area contributed by atoms with E-state index in [2.05, 4.69) is 11.9 Å². The highest BCUT2D eigenvalue weighted by Gasteiger charge is 2.27. The molecule has 1 unspecified atom stereocenters. The van der Waals surface area contributed by atoms with Crippen molar-refractivity contribution in [1.29, 1.82) is 0 Å². The monoisotopic (exact) mass is 326 g/mol. The first-order valence-corrected chi connectivity index (χ1v) is 7.32. The number of hydrogen-bond donors (Lipinski definition) is 1. The summed E-state index contributed by atoms with van der Waals surface area (Å²) in [6, 6.07) is 15.1. The summed E-state index contributed by atoms with van der Waals surface area (Å²) in [4.78, 5) is 22.7. The summed E-state index contributed by atoms with van der Waals surface area (Å²) in [6.07, 6.45) is 0. The molecular weight excluding hydrogens is 308 g/mol. The Morgan fingerprint density at radius 2 is 1.83 bits per heavy atom. The quantitative estimate of drug-likeness (QED) is 0.366. The smallest absolute Gasteiger partial charge is 0.335 e. The zero-order chi connectivity index (χ0) is 17.5. The molecular formula is C18H18N2O4. The van der Waals surface area contributed by atoms with Gasteiger partial charge in [-0.05, 0) is 5.56 Å². The van der Waals surface area contributed by atoms with Crippen LogP contribution in [-0.4, -0.2) is 18.0 Å². The van der Waals surface area contributed by atoms with Gasteiger partial charge in [-0.3, -0.25) is 10.1 Å². The molecule has 24 heavy (non-hydrogen) atoms. The second-order valence-electron chi connectivity index (χ2n) is 5.13. The van der Waals surface area contributed by atoms with E-state index in [1.54, 1.807) is 18.2 Å². The maximum atomic E-state index is 11.9. The number of nitrogens with one attached hydrogen (secondary N) is 1. The minimum absolute atomic E-state index is 0.0758.